The number of phenols is 1. The molecule has 1 aromatic rings. The van der Waals surface area contributed by atoms with Crippen LogP contribution in [0.1, 0.15) is 29.3 Å². The smallest absolute Gasteiger partial charge is 0.307 e. The first-order valence-electron chi connectivity index (χ1n) is 5.78. The number of aryl methyl sites for hydroxylation is 1. The number of benzene rings is 1. The van der Waals surface area contributed by atoms with Crippen LogP contribution in [0.3, 0.4) is 0 Å². The molecule has 0 bridgehead atoms. The molecule has 0 aromatic heterocycles. The van der Waals surface area contributed by atoms with Crippen LogP contribution in [-0.4, -0.2) is 30.1 Å². The Labute approximate surface area is 106 Å². The zero-order valence-corrected chi connectivity index (χ0v) is 10.5. The molecule has 0 heterocycles. The fourth-order valence-corrected chi connectivity index (χ4v) is 1.51. The Morgan fingerprint density at radius 1 is 1.39 bits per heavy atom. The summed E-state index contributed by atoms with van der Waals surface area (Å²) < 4.78 is 4.75. The summed E-state index contributed by atoms with van der Waals surface area (Å²) in [6, 6.07) is 4.51. The molecule has 0 aliphatic carbocycles. The average molecular weight is 251 g/mol. The van der Waals surface area contributed by atoms with Crippen LogP contribution in [-0.2, 0) is 9.53 Å². The first-order chi connectivity index (χ1) is 8.54. The Kier molecular flexibility index (Phi) is 5.17. The molecule has 1 aromatic carbocycles. The van der Waals surface area contributed by atoms with Crippen molar-refractivity contribution in [3.63, 3.8) is 0 Å². The van der Waals surface area contributed by atoms with Crippen molar-refractivity contribution in [3.8, 4) is 5.75 Å². The van der Waals surface area contributed by atoms with E-state index in [1.54, 1.807) is 19.9 Å². The maximum atomic E-state index is 11.8. The summed E-state index contributed by atoms with van der Waals surface area (Å²) >= 11 is 0. The van der Waals surface area contributed by atoms with E-state index in [2.05, 4.69) is 5.32 Å². The highest BCUT2D eigenvalue weighted by Gasteiger charge is 2.09. The Balaban J connectivity index is 2.48. The monoisotopic (exact) mass is 251 g/mol. The fraction of sp³-hybridized carbons (Fsp3) is 0.385. The van der Waals surface area contributed by atoms with Gasteiger partial charge in [0.25, 0.3) is 5.91 Å². The Morgan fingerprint density at radius 2 is 2.11 bits per heavy atom. The van der Waals surface area contributed by atoms with Crippen LogP contribution in [0.2, 0.25) is 0 Å². The molecule has 0 unspecified atom stereocenters. The second-order valence-electron chi connectivity index (χ2n) is 3.81. The van der Waals surface area contributed by atoms with Gasteiger partial charge in [-0.3, -0.25) is 9.59 Å². The molecule has 0 saturated heterocycles. The van der Waals surface area contributed by atoms with E-state index in [9.17, 15) is 14.7 Å². The number of nitrogens with one attached hydrogen (secondary N) is 1. The number of amides is 1. The second kappa shape index (κ2) is 6.64. The van der Waals surface area contributed by atoms with E-state index in [0.29, 0.717) is 17.7 Å². The normalized spacial score (nSPS) is 9.89. The minimum atomic E-state index is -0.333. The lowest BCUT2D eigenvalue weighted by Crippen LogP contribution is -2.27. The predicted octanol–water partition coefficient (Wildman–Crippen LogP) is 1.38. The van der Waals surface area contributed by atoms with E-state index >= 15 is 0 Å². The third-order valence-corrected chi connectivity index (χ3v) is 2.37. The Bertz CT molecular complexity index is 443. The zero-order valence-electron chi connectivity index (χ0n) is 10.5. The predicted molar refractivity (Wildman–Crippen MR) is 66.4 cm³/mol. The van der Waals surface area contributed by atoms with Gasteiger partial charge < -0.3 is 15.2 Å². The first-order valence-corrected chi connectivity index (χ1v) is 5.78. The molecular formula is C13H17NO4. The van der Waals surface area contributed by atoms with E-state index in [4.69, 9.17) is 4.74 Å². The molecule has 0 atom stereocenters. The summed E-state index contributed by atoms with van der Waals surface area (Å²) in [6.07, 6.45) is 0.150. The SMILES string of the molecule is CCOC(=O)CCNC(=O)c1ccc(O)cc1C. The van der Waals surface area contributed by atoms with Crippen LogP contribution in [0.5, 0.6) is 5.75 Å². The van der Waals surface area contributed by atoms with Gasteiger partial charge in [0, 0.05) is 12.1 Å². The lowest BCUT2D eigenvalue weighted by atomic mass is 10.1. The number of phenolic OH excluding ortho intramolecular Hbond substituents is 1. The maximum Gasteiger partial charge on any atom is 0.307 e. The molecule has 0 fully saturated rings. The van der Waals surface area contributed by atoms with E-state index in [-0.39, 0.29) is 30.6 Å². The van der Waals surface area contributed by atoms with Gasteiger partial charge in [-0.1, -0.05) is 0 Å². The molecule has 0 saturated carbocycles. The van der Waals surface area contributed by atoms with Gasteiger partial charge >= 0.3 is 5.97 Å². The van der Waals surface area contributed by atoms with E-state index in [0.717, 1.165) is 0 Å². The Morgan fingerprint density at radius 3 is 2.72 bits per heavy atom. The molecule has 0 aliphatic heterocycles. The number of ether oxygens (including phenoxy) is 1. The molecule has 98 valence electrons. The molecule has 2 N–H and O–H groups in total. The van der Waals surface area contributed by atoms with Crippen LogP contribution >= 0.6 is 0 Å². The van der Waals surface area contributed by atoms with Crippen molar-refractivity contribution < 1.29 is 19.4 Å². The molecule has 18 heavy (non-hydrogen) atoms. The lowest BCUT2D eigenvalue weighted by Gasteiger charge is -2.07. The van der Waals surface area contributed by atoms with Crippen LogP contribution in [0, 0.1) is 6.92 Å². The minimum absolute atomic E-state index is 0.121. The van der Waals surface area contributed by atoms with Gasteiger partial charge in [0.15, 0.2) is 0 Å². The highest BCUT2D eigenvalue weighted by Crippen LogP contribution is 2.15. The molecule has 5 heteroatoms. The van der Waals surface area contributed by atoms with Crippen molar-refractivity contribution in [2.75, 3.05) is 13.2 Å². The van der Waals surface area contributed by atoms with Gasteiger partial charge in [-0.2, -0.15) is 0 Å². The lowest BCUT2D eigenvalue weighted by molar-refractivity contribution is -0.142. The van der Waals surface area contributed by atoms with Gasteiger partial charge in [0.1, 0.15) is 5.75 Å². The number of aromatic hydroxyl groups is 1. The van der Waals surface area contributed by atoms with Crippen molar-refractivity contribution >= 4 is 11.9 Å². The Hall–Kier alpha value is -2.04. The second-order valence-corrected chi connectivity index (χ2v) is 3.81. The first kappa shape index (κ1) is 14.0. The van der Waals surface area contributed by atoms with E-state index in [1.165, 1.54) is 12.1 Å². The van der Waals surface area contributed by atoms with Crippen molar-refractivity contribution in [1.29, 1.82) is 0 Å². The zero-order chi connectivity index (χ0) is 13.5. The summed E-state index contributed by atoms with van der Waals surface area (Å²) in [5, 5.41) is 11.9. The van der Waals surface area contributed by atoms with Crippen molar-refractivity contribution in [1.82, 2.24) is 5.32 Å². The summed E-state index contributed by atoms with van der Waals surface area (Å²) in [6.45, 7) is 4.04. The summed E-state index contributed by atoms with van der Waals surface area (Å²) in [7, 11) is 0. The number of hydrogen-bond acceptors (Lipinski definition) is 4. The third kappa shape index (κ3) is 4.08. The quantitative estimate of drug-likeness (QED) is 0.775. The topological polar surface area (TPSA) is 75.6 Å². The molecule has 5 nitrogen and oxygen atoms in total. The number of rotatable bonds is 5. The number of carbonyl (C=O) groups excluding carboxylic acids is 2. The number of hydrogen-bond donors (Lipinski definition) is 2. The summed E-state index contributed by atoms with van der Waals surface area (Å²) in [5.41, 5.74) is 1.17. The molecule has 1 rings (SSSR count). The van der Waals surface area contributed by atoms with Gasteiger partial charge in [-0.25, -0.2) is 0 Å². The standard InChI is InChI=1S/C13H17NO4/c1-3-18-12(16)6-7-14-13(17)11-5-4-10(15)8-9(11)2/h4-5,8,15H,3,6-7H2,1-2H3,(H,14,17). The van der Waals surface area contributed by atoms with Crippen molar-refractivity contribution in [2.45, 2.75) is 20.3 Å². The third-order valence-electron chi connectivity index (χ3n) is 2.37. The van der Waals surface area contributed by atoms with Gasteiger partial charge in [0.2, 0.25) is 0 Å². The van der Waals surface area contributed by atoms with Gasteiger partial charge in [-0.15, -0.1) is 0 Å². The number of carbonyl (C=O) groups is 2. The molecule has 0 aliphatic rings. The van der Waals surface area contributed by atoms with E-state index in [1.807, 2.05) is 0 Å². The summed E-state index contributed by atoms with van der Waals surface area (Å²) in [5.74, 6) is -0.479. The molecule has 0 spiro atoms. The number of esters is 1. The largest absolute Gasteiger partial charge is 0.508 e. The van der Waals surface area contributed by atoms with Gasteiger partial charge in [0.05, 0.1) is 13.0 Å². The minimum Gasteiger partial charge on any atom is -0.508 e. The van der Waals surface area contributed by atoms with Crippen LogP contribution in [0.25, 0.3) is 0 Å². The van der Waals surface area contributed by atoms with Crippen molar-refractivity contribution in [3.05, 3.63) is 29.3 Å². The molecule has 1 amide bonds. The summed E-state index contributed by atoms with van der Waals surface area (Å²) in [4.78, 5) is 22.8. The maximum absolute atomic E-state index is 11.8. The van der Waals surface area contributed by atoms with Crippen molar-refractivity contribution in [2.24, 2.45) is 0 Å². The van der Waals surface area contributed by atoms with Crippen LogP contribution in [0.15, 0.2) is 18.2 Å². The van der Waals surface area contributed by atoms with Crippen LogP contribution < -0.4 is 5.32 Å². The van der Waals surface area contributed by atoms with E-state index < -0.39 is 0 Å². The van der Waals surface area contributed by atoms with Gasteiger partial charge in [-0.05, 0) is 37.6 Å². The fourth-order valence-electron chi connectivity index (χ4n) is 1.51. The highest BCUT2D eigenvalue weighted by molar-refractivity contribution is 5.95. The van der Waals surface area contributed by atoms with Crippen LogP contribution in [0.4, 0.5) is 0 Å². The molecule has 0 radical (unpaired) electrons. The molecular weight excluding hydrogens is 234 g/mol. The highest BCUT2D eigenvalue weighted by atomic mass is 16.5. The average Bonchev–Trinajstić information content (AvgIpc) is 2.29.